The molecule has 3 heterocycles. The first-order chi connectivity index (χ1) is 22.7. The lowest BCUT2D eigenvalue weighted by Crippen LogP contribution is -1.98. The monoisotopic (exact) mass is 594 g/mol. The van der Waals surface area contributed by atoms with E-state index < -0.39 is 0 Å². The summed E-state index contributed by atoms with van der Waals surface area (Å²) in [5, 5.41) is 7.78. The smallest absolute Gasteiger partial charge is 0.206 e. The summed E-state index contributed by atoms with van der Waals surface area (Å²) in [6.07, 6.45) is 6.85. The Bertz CT molecular complexity index is 2640. The van der Waals surface area contributed by atoms with E-state index in [1.807, 2.05) is 73.1 Å². The Morgan fingerprint density at radius 1 is 0.543 bits per heavy atom. The molecule has 0 saturated carbocycles. The van der Waals surface area contributed by atoms with Crippen LogP contribution in [0.3, 0.4) is 0 Å². The predicted octanol–water partition coefficient (Wildman–Crippen LogP) is 10.2. The quantitative estimate of drug-likeness (QED) is 0.220. The summed E-state index contributed by atoms with van der Waals surface area (Å²) in [4.78, 5) is 4.46. The molecule has 0 unspecified atom stereocenters. The van der Waals surface area contributed by atoms with Gasteiger partial charge in [-0.2, -0.15) is 4.39 Å². The van der Waals surface area contributed by atoms with Crippen LogP contribution in [0.15, 0.2) is 146 Å². The van der Waals surface area contributed by atoms with E-state index >= 15 is 4.39 Å². The Labute approximate surface area is 264 Å². The number of hydrogen-bond acceptors (Lipinski definition) is 2. The van der Waals surface area contributed by atoms with Crippen LogP contribution in [0.25, 0.3) is 82.8 Å². The van der Waals surface area contributed by atoms with Crippen molar-refractivity contribution < 1.29 is 4.39 Å². The molecular weight excluding hydrogens is 567 g/mol. The molecule has 9 rings (SSSR count). The third kappa shape index (κ3) is 3.82. The number of nitrogens with two attached hydrogens (primary N) is 1. The number of fused-ring (bicyclic) bond motifs is 8. The molecule has 0 saturated heterocycles. The van der Waals surface area contributed by atoms with Gasteiger partial charge in [-0.15, -0.1) is 0 Å². The Morgan fingerprint density at radius 3 is 1.74 bits per heavy atom. The molecule has 5 heteroatoms. The number of halogens is 1. The number of pyridine rings is 1. The number of hydrogen-bond donors (Lipinski definition) is 1. The fraction of sp³-hybridized carbons (Fsp3) is 0. The van der Waals surface area contributed by atoms with Crippen molar-refractivity contribution in [2.24, 2.45) is 5.73 Å². The van der Waals surface area contributed by atoms with Crippen molar-refractivity contribution in [3.05, 3.63) is 157 Å². The van der Waals surface area contributed by atoms with Crippen LogP contribution in [0.1, 0.15) is 5.56 Å². The van der Waals surface area contributed by atoms with Gasteiger partial charge in [0.05, 0.1) is 22.7 Å². The Balaban J connectivity index is 1.12. The molecule has 0 aliphatic rings. The summed E-state index contributed by atoms with van der Waals surface area (Å²) in [6.45, 7) is 0. The van der Waals surface area contributed by atoms with Crippen molar-refractivity contribution in [2.45, 2.75) is 0 Å². The molecule has 0 spiro atoms. The van der Waals surface area contributed by atoms with E-state index in [0.717, 1.165) is 55.2 Å². The molecule has 0 amide bonds. The second kappa shape index (κ2) is 10.2. The second-order valence-electron chi connectivity index (χ2n) is 11.6. The molecule has 46 heavy (non-hydrogen) atoms. The maximum absolute atomic E-state index is 16.0. The van der Waals surface area contributed by atoms with Gasteiger partial charge in [0.2, 0.25) is 5.95 Å². The molecule has 218 valence electrons. The van der Waals surface area contributed by atoms with E-state index in [9.17, 15) is 0 Å². The van der Waals surface area contributed by atoms with Crippen LogP contribution in [0, 0.1) is 5.95 Å². The second-order valence-corrected chi connectivity index (χ2v) is 11.6. The minimum absolute atomic E-state index is 0.335. The van der Waals surface area contributed by atoms with E-state index in [1.165, 1.54) is 27.7 Å². The molecule has 6 aromatic carbocycles. The summed E-state index contributed by atoms with van der Waals surface area (Å²) in [6, 6.07) is 43.7. The van der Waals surface area contributed by atoms with Gasteiger partial charge in [0.25, 0.3) is 0 Å². The van der Waals surface area contributed by atoms with Gasteiger partial charge in [0, 0.05) is 39.3 Å². The molecule has 2 N–H and O–H groups in total. The minimum Gasteiger partial charge on any atom is -0.405 e. The molecule has 3 aromatic heterocycles. The standard InChI is InChI=1S/C41H27FN4/c42-41-35(21-23-43)40-33-8-4-2-6-29(33)14-20-37(40)46(41)31-17-11-27(12-18-31)26-9-15-30(16-10-26)45-36-19-13-28-5-1-3-7-32(28)39(36)34-22-24-44-25-38(34)45/h1-25H,43H2/b23-21-. The van der Waals surface area contributed by atoms with Crippen molar-refractivity contribution in [2.75, 3.05) is 0 Å². The van der Waals surface area contributed by atoms with Gasteiger partial charge in [-0.1, -0.05) is 84.9 Å². The van der Waals surface area contributed by atoms with Gasteiger partial charge in [0.1, 0.15) is 0 Å². The van der Waals surface area contributed by atoms with Gasteiger partial charge in [-0.3, -0.25) is 9.55 Å². The SMILES string of the molecule is N/C=C\c1c(F)n(-c2ccc(-c3ccc(-n4c5cnccc5c5c6ccccc6ccc54)cc3)cc2)c2ccc3ccccc3c12. The maximum atomic E-state index is 16.0. The minimum atomic E-state index is -0.335. The first kappa shape index (κ1) is 26.2. The van der Waals surface area contributed by atoms with E-state index in [2.05, 4.69) is 76.3 Å². The molecule has 0 fully saturated rings. The maximum Gasteiger partial charge on any atom is 0.206 e. The topological polar surface area (TPSA) is 48.8 Å². The van der Waals surface area contributed by atoms with Crippen LogP contribution < -0.4 is 5.73 Å². The van der Waals surface area contributed by atoms with Crippen LogP contribution >= 0.6 is 0 Å². The largest absolute Gasteiger partial charge is 0.405 e. The average molecular weight is 595 g/mol. The van der Waals surface area contributed by atoms with E-state index in [0.29, 0.717) is 5.56 Å². The van der Waals surface area contributed by atoms with Crippen molar-refractivity contribution in [1.82, 2.24) is 14.1 Å². The molecule has 9 aromatic rings. The van der Waals surface area contributed by atoms with E-state index in [4.69, 9.17) is 5.73 Å². The highest BCUT2D eigenvalue weighted by Crippen LogP contribution is 2.38. The number of nitrogens with zero attached hydrogens (tertiary/aromatic N) is 3. The Morgan fingerprint density at radius 2 is 1.11 bits per heavy atom. The van der Waals surface area contributed by atoms with E-state index in [1.54, 1.807) is 10.6 Å². The summed E-state index contributed by atoms with van der Waals surface area (Å²) in [5.41, 5.74) is 13.2. The molecule has 0 atom stereocenters. The third-order valence-electron chi connectivity index (χ3n) is 9.14. The lowest BCUT2D eigenvalue weighted by atomic mass is 10.0. The summed E-state index contributed by atoms with van der Waals surface area (Å²) in [5.74, 6) is -0.335. The average Bonchev–Trinajstić information content (AvgIpc) is 3.60. The fourth-order valence-electron chi connectivity index (χ4n) is 7.08. The van der Waals surface area contributed by atoms with E-state index in [-0.39, 0.29) is 5.95 Å². The van der Waals surface area contributed by atoms with Crippen LogP contribution in [-0.2, 0) is 0 Å². The zero-order valence-electron chi connectivity index (χ0n) is 24.7. The van der Waals surface area contributed by atoms with Crippen LogP contribution in [0.5, 0.6) is 0 Å². The number of benzene rings is 6. The highest BCUT2D eigenvalue weighted by Gasteiger charge is 2.19. The molecular formula is C41H27FN4. The Hall–Kier alpha value is -6.20. The first-order valence-electron chi connectivity index (χ1n) is 15.3. The normalized spacial score (nSPS) is 12.0. The van der Waals surface area contributed by atoms with Crippen molar-refractivity contribution >= 4 is 60.3 Å². The third-order valence-corrected chi connectivity index (χ3v) is 9.14. The zero-order chi connectivity index (χ0) is 30.8. The molecule has 4 nitrogen and oxygen atoms in total. The highest BCUT2D eigenvalue weighted by molar-refractivity contribution is 6.21. The fourth-order valence-corrected chi connectivity index (χ4v) is 7.08. The molecule has 0 radical (unpaired) electrons. The van der Waals surface area contributed by atoms with Crippen LogP contribution in [0.2, 0.25) is 0 Å². The lowest BCUT2D eigenvalue weighted by molar-refractivity contribution is 0.563. The summed E-state index contributed by atoms with van der Waals surface area (Å²) < 4.78 is 20.0. The number of rotatable bonds is 4. The van der Waals surface area contributed by atoms with Gasteiger partial charge in [0.15, 0.2) is 0 Å². The lowest BCUT2D eigenvalue weighted by Gasteiger charge is -2.11. The highest BCUT2D eigenvalue weighted by atomic mass is 19.1. The Kier molecular flexibility index (Phi) is 5.80. The molecule has 0 bridgehead atoms. The van der Waals surface area contributed by atoms with Gasteiger partial charge in [-0.25, -0.2) is 0 Å². The zero-order valence-corrected chi connectivity index (χ0v) is 24.7. The van der Waals surface area contributed by atoms with Gasteiger partial charge in [-0.05, 0) is 87.4 Å². The summed E-state index contributed by atoms with van der Waals surface area (Å²) >= 11 is 0. The van der Waals surface area contributed by atoms with Crippen LogP contribution in [-0.4, -0.2) is 14.1 Å². The molecule has 0 aliphatic heterocycles. The van der Waals surface area contributed by atoms with Crippen molar-refractivity contribution in [3.63, 3.8) is 0 Å². The van der Waals surface area contributed by atoms with Crippen LogP contribution in [0.4, 0.5) is 4.39 Å². The molecule has 0 aliphatic carbocycles. The summed E-state index contributed by atoms with van der Waals surface area (Å²) in [7, 11) is 0. The van der Waals surface area contributed by atoms with Crippen molar-refractivity contribution in [3.8, 4) is 22.5 Å². The number of aromatic nitrogens is 3. The van der Waals surface area contributed by atoms with Gasteiger partial charge < -0.3 is 10.3 Å². The van der Waals surface area contributed by atoms with Crippen molar-refractivity contribution in [1.29, 1.82) is 0 Å². The first-order valence-corrected chi connectivity index (χ1v) is 15.3. The van der Waals surface area contributed by atoms with Gasteiger partial charge >= 0.3 is 0 Å². The predicted molar refractivity (Wildman–Crippen MR) is 189 cm³/mol.